The highest BCUT2D eigenvalue weighted by atomic mass is 16.7. The van der Waals surface area contributed by atoms with E-state index in [4.69, 9.17) is 14.6 Å². The van der Waals surface area contributed by atoms with Gasteiger partial charge in [0.2, 0.25) is 0 Å². The maximum atomic E-state index is 13.3. The third kappa shape index (κ3) is 2.97. The first-order valence-electron chi connectivity index (χ1n) is 9.99. The lowest BCUT2D eigenvalue weighted by atomic mass is 9.89. The molecule has 1 aromatic carbocycles. The quantitative estimate of drug-likeness (QED) is 0.819. The summed E-state index contributed by atoms with van der Waals surface area (Å²) in [6.45, 7) is 2.89. The van der Waals surface area contributed by atoms with Crippen LogP contribution < -0.4 is 0 Å². The van der Waals surface area contributed by atoms with Gasteiger partial charge >= 0.3 is 0 Å². The van der Waals surface area contributed by atoms with Gasteiger partial charge in [-0.3, -0.25) is 4.79 Å². The minimum Gasteiger partial charge on any atom is -0.347 e. The molecule has 0 N–H and O–H groups in total. The molecule has 2 aliphatic heterocycles. The number of aromatic nitrogens is 2. The van der Waals surface area contributed by atoms with Gasteiger partial charge in [0.15, 0.2) is 11.5 Å². The minimum absolute atomic E-state index is 0.0516. The Kier molecular flexibility index (Phi) is 4.25. The monoisotopic (exact) mass is 367 g/mol. The van der Waals surface area contributed by atoms with Crippen molar-refractivity contribution in [1.82, 2.24) is 14.7 Å². The summed E-state index contributed by atoms with van der Waals surface area (Å²) in [5.41, 5.74) is 3.69. The molecule has 0 unspecified atom stereocenters. The van der Waals surface area contributed by atoms with Gasteiger partial charge in [0, 0.05) is 37.2 Å². The summed E-state index contributed by atoms with van der Waals surface area (Å²) in [6, 6.07) is 10.1. The van der Waals surface area contributed by atoms with E-state index in [1.165, 1.54) is 6.42 Å². The molecule has 5 rings (SSSR count). The first-order valence-corrected chi connectivity index (χ1v) is 9.99. The van der Waals surface area contributed by atoms with Crippen molar-refractivity contribution in [3.63, 3.8) is 0 Å². The van der Waals surface area contributed by atoms with E-state index in [1.54, 1.807) is 0 Å². The van der Waals surface area contributed by atoms with Gasteiger partial charge in [-0.1, -0.05) is 18.2 Å². The molecule has 6 nitrogen and oxygen atoms in total. The number of amides is 1. The number of para-hydroxylation sites is 1. The largest absolute Gasteiger partial charge is 0.347 e. The van der Waals surface area contributed by atoms with Crippen molar-refractivity contribution in [2.24, 2.45) is 0 Å². The Morgan fingerprint density at radius 2 is 1.78 bits per heavy atom. The summed E-state index contributed by atoms with van der Waals surface area (Å²) < 4.78 is 13.9. The number of fused-ring (bicyclic) bond motifs is 1. The fourth-order valence-electron chi connectivity index (χ4n) is 4.54. The molecule has 142 valence electrons. The van der Waals surface area contributed by atoms with E-state index in [0.29, 0.717) is 25.3 Å². The van der Waals surface area contributed by atoms with Crippen LogP contribution in [0.2, 0.25) is 0 Å². The molecule has 0 bridgehead atoms. The lowest BCUT2D eigenvalue weighted by molar-refractivity contribution is -0.164. The van der Waals surface area contributed by atoms with E-state index in [2.05, 4.69) is 0 Å². The number of carbonyl (C=O) groups excluding carboxylic acids is 1. The van der Waals surface area contributed by atoms with Crippen molar-refractivity contribution < 1.29 is 14.3 Å². The zero-order chi connectivity index (χ0) is 18.3. The van der Waals surface area contributed by atoms with Crippen LogP contribution in [-0.2, 0) is 22.3 Å². The summed E-state index contributed by atoms with van der Waals surface area (Å²) in [7, 11) is 0. The van der Waals surface area contributed by atoms with Gasteiger partial charge in [-0.15, -0.1) is 0 Å². The lowest BCUT2D eigenvalue weighted by Gasteiger charge is -2.32. The average Bonchev–Trinajstić information content (AvgIpc) is 3.33. The standard InChI is InChI=1S/C21H25N3O3/c25-20(23-11-5-2-6-12-23)19-17-15-21(26-13-14-27-21)10-9-18(17)24(22-19)16-7-3-1-4-8-16/h1,3-4,7-8H,2,5-6,9-15H2. The van der Waals surface area contributed by atoms with E-state index < -0.39 is 5.79 Å². The van der Waals surface area contributed by atoms with E-state index >= 15 is 0 Å². The Hall–Kier alpha value is -2.18. The molecular formula is C21H25N3O3. The normalized spacial score (nSPS) is 21.4. The molecule has 3 aliphatic rings. The highest BCUT2D eigenvalue weighted by molar-refractivity contribution is 5.94. The van der Waals surface area contributed by atoms with Crippen molar-refractivity contribution in [2.75, 3.05) is 26.3 Å². The molecule has 1 aliphatic carbocycles. The van der Waals surface area contributed by atoms with E-state index in [0.717, 1.165) is 55.7 Å². The zero-order valence-corrected chi connectivity index (χ0v) is 15.5. The summed E-state index contributed by atoms with van der Waals surface area (Å²) in [5, 5.41) is 4.81. The SMILES string of the molecule is O=C(c1nn(-c2ccccc2)c2c1CC1(CC2)OCCO1)N1CCCCC1. The van der Waals surface area contributed by atoms with Crippen molar-refractivity contribution in [3.05, 3.63) is 47.3 Å². The fraction of sp³-hybridized carbons (Fsp3) is 0.524. The van der Waals surface area contributed by atoms with Gasteiger partial charge < -0.3 is 14.4 Å². The third-order valence-electron chi connectivity index (χ3n) is 5.94. The highest BCUT2D eigenvalue weighted by Gasteiger charge is 2.43. The Labute approximate surface area is 159 Å². The van der Waals surface area contributed by atoms with Gasteiger partial charge in [-0.05, 0) is 37.8 Å². The Balaban J connectivity index is 1.57. The second-order valence-electron chi connectivity index (χ2n) is 7.66. The van der Waals surface area contributed by atoms with Crippen molar-refractivity contribution in [2.45, 2.75) is 44.3 Å². The molecule has 6 heteroatoms. The number of carbonyl (C=O) groups is 1. The number of hydrogen-bond acceptors (Lipinski definition) is 4. The average molecular weight is 367 g/mol. The number of rotatable bonds is 2. The summed E-state index contributed by atoms with van der Waals surface area (Å²) >= 11 is 0. The molecule has 3 heterocycles. The highest BCUT2D eigenvalue weighted by Crippen LogP contribution is 2.38. The molecular weight excluding hydrogens is 342 g/mol. The van der Waals surface area contributed by atoms with Gasteiger partial charge in [0.25, 0.3) is 5.91 Å². The van der Waals surface area contributed by atoms with Crippen LogP contribution in [0.15, 0.2) is 30.3 Å². The van der Waals surface area contributed by atoms with Gasteiger partial charge in [0.05, 0.1) is 18.9 Å². The van der Waals surface area contributed by atoms with Crippen LogP contribution in [0, 0.1) is 0 Å². The first-order chi connectivity index (χ1) is 13.3. The molecule has 0 saturated carbocycles. The second kappa shape index (κ2) is 6.77. The number of piperidine rings is 1. The molecule has 0 atom stereocenters. The molecule has 1 spiro atoms. The topological polar surface area (TPSA) is 56.6 Å². The maximum absolute atomic E-state index is 13.3. The molecule has 2 fully saturated rings. The number of ether oxygens (including phenoxy) is 2. The lowest BCUT2D eigenvalue weighted by Crippen LogP contribution is -2.39. The smallest absolute Gasteiger partial charge is 0.274 e. The Bertz CT molecular complexity index is 834. The van der Waals surface area contributed by atoms with Gasteiger partial charge in [-0.2, -0.15) is 5.10 Å². The second-order valence-corrected chi connectivity index (χ2v) is 7.66. The third-order valence-corrected chi connectivity index (χ3v) is 5.94. The van der Waals surface area contributed by atoms with Gasteiger partial charge in [0.1, 0.15) is 0 Å². The van der Waals surface area contributed by atoms with Crippen molar-refractivity contribution in [3.8, 4) is 5.69 Å². The van der Waals surface area contributed by atoms with Crippen molar-refractivity contribution >= 4 is 5.91 Å². The molecule has 1 aromatic heterocycles. The predicted octanol–water partition coefficient (Wildman–Crippen LogP) is 2.73. The zero-order valence-electron chi connectivity index (χ0n) is 15.5. The van der Waals surface area contributed by atoms with Crippen LogP contribution in [0.5, 0.6) is 0 Å². The van der Waals surface area contributed by atoms with Crippen LogP contribution in [-0.4, -0.2) is 52.7 Å². The van der Waals surface area contributed by atoms with E-state index in [-0.39, 0.29) is 5.91 Å². The van der Waals surface area contributed by atoms with Crippen LogP contribution in [0.3, 0.4) is 0 Å². The van der Waals surface area contributed by atoms with E-state index in [1.807, 2.05) is 39.9 Å². The van der Waals surface area contributed by atoms with Gasteiger partial charge in [-0.25, -0.2) is 4.68 Å². The number of nitrogens with zero attached hydrogens (tertiary/aromatic N) is 3. The first kappa shape index (κ1) is 17.0. The number of hydrogen-bond donors (Lipinski definition) is 0. The maximum Gasteiger partial charge on any atom is 0.274 e. The van der Waals surface area contributed by atoms with Crippen LogP contribution in [0.1, 0.15) is 47.4 Å². The summed E-state index contributed by atoms with van der Waals surface area (Å²) in [5.74, 6) is -0.523. The van der Waals surface area contributed by atoms with Crippen LogP contribution >= 0.6 is 0 Å². The minimum atomic E-state index is -0.575. The predicted molar refractivity (Wildman–Crippen MR) is 100.0 cm³/mol. The van der Waals surface area contributed by atoms with E-state index in [9.17, 15) is 4.79 Å². The van der Waals surface area contributed by atoms with Crippen molar-refractivity contribution in [1.29, 1.82) is 0 Å². The molecule has 2 saturated heterocycles. The summed E-state index contributed by atoms with van der Waals surface area (Å²) in [4.78, 5) is 15.2. The molecule has 27 heavy (non-hydrogen) atoms. The molecule has 1 amide bonds. The molecule has 2 aromatic rings. The summed E-state index contributed by atoms with van der Waals surface area (Å²) in [6.07, 6.45) is 5.54. The Morgan fingerprint density at radius 3 is 2.52 bits per heavy atom. The van der Waals surface area contributed by atoms with Crippen LogP contribution in [0.25, 0.3) is 5.69 Å². The molecule has 0 radical (unpaired) electrons. The number of likely N-dealkylation sites (tertiary alicyclic amines) is 1. The Morgan fingerprint density at radius 1 is 1.04 bits per heavy atom. The number of benzene rings is 1. The van der Waals surface area contributed by atoms with Crippen LogP contribution in [0.4, 0.5) is 0 Å². The fourth-order valence-corrected chi connectivity index (χ4v) is 4.54.